The topological polar surface area (TPSA) is 93.1 Å². The molecule has 6 rings (SSSR count). The number of allylic oxidation sites excluding steroid dienone is 4. The van der Waals surface area contributed by atoms with Gasteiger partial charge in [0, 0.05) is 34.1 Å². The van der Waals surface area contributed by atoms with Crippen LogP contribution in [0.2, 0.25) is 5.02 Å². The van der Waals surface area contributed by atoms with Gasteiger partial charge in [-0.15, -0.1) is 0 Å². The van der Waals surface area contributed by atoms with Crippen LogP contribution in [0.5, 0.6) is 0 Å². The summed E-state index contributed by atoms with van der Waals surface area (Å²) in [5, 5.41) is 13.8. The van der Waals surface area contributed by atoms with Gasteiger partial charge in [0.1, 0.15) is 6.17 Å². The average molecular weight is 590 g/mol. The second-order valence-electron chi connectivity index (χ2n) is 12.6. The van der Waals surface area contributed by atoms with E-state index >= 15 is 8.78 Å². The Hall–Kier alpha value is -2.62. The molecular weight excluding hydrogens is 556 g/mol. The molecule has 0 amide bonds. The Labute approximate surface area is 242 Å². The Morgan fingerprint density at radius 1 is 1.20 bits per heavy atom. The number of aliphatic hydroxyl groups excluding tert-OH is 1. The first-order chi connectivity index (χ1) is 19.3. The molecule has 0 bridgehead atoms. The number of alkyl halides is 2. The number of fused-ring (bicyclic) bond motifs is 7. The van der Waals surface area contributed by atoms with Crippen molar-refractivity contribution < 1.29 is 37.8 Å². The second-order valence-corrected chi connectivity index (χ2v) is 13.0. The highest BCUT2D eigenvalue weighted by molar-refractivity contribution is 6.30. The maximum absolute atomic E-state index is 17.6. The molecule has 7 nitrogen and oxygen atoms in total. The van der Waals surface area contributed by atoms with Crippen molar-refractivity contribution in [3.8, 4) is 0 Å². The standard InChI is InChI=1S/C31H34ClF2NO6/c1-4-27(39)40-16-26(38)31-17(15-35(41-31)19-7-5-18(32)6-8-19)11-21-22-13-24(33)23-12-20(36)9-10-28(23,2)30(22,34)25(37)14-29(21,31)3/h5-10,12,17,21-22,24-25,37H,4,11,13-16H2,1-3H3/t17-,21-,22-,24-,25-,28-,29-,30-,31-/m0/s1. The van der Waals surface area contributed by atoms with E-state index in [-0.39, 0.29) is 24.8 Å². The van der Waals surface area contributed by atoms with Gasteiger partial charge < -0.3 is 9.84 Å². The molecule has 0 radical (unpaired) electrons. The number of nitrogens with zero attached hydrogens (tertiary/aromatic N) is 1. The van der Waals surface area contributed by atoms with E-state index in [0.717, 1.165) is 6.08 Å². The minimum absolute atomic E-state index is 0.0482. The van der Waals surface area contributed by atoms with Crippen LogP contribution in [0.1, 0.15) is 46.5 Å². The number of aliphatic hydroxyl groups is 1. The van der Waals surface area contributed by atoms with Crippen LogP contribution in [0.25, 0.3) is 0 Å². The summed E-state index contributed by atoms with van der Waals surface area (Å²) in [7, 11) is 0. The number of hydrogen-bond acceptors (Lipinski definition) is 7. The zero-order valence-corrected chi connectivity index (χ0v) is 24.0. The van der Waals surface area contributed by atoms with E-state index < -0.39 is 76.3 Å². The molecule has 0 spiro atoms. The molecule has 1 N–H and O–H groups in total. The van der Waals surface area contributed by atoms with Gasteiger partial charge in [0.25, 0.3) is 0 Å². The van der Waals surface area contributed by atoms with Crippen LogP contribution in [-0.2, 0) is 24.0 Å². The number of hydroxylamine groups is 1. The largest absolute Gasteiger partial charge is 0.458 e. The fourth-order valence-corrected chi connectivity index (χ4v) is 8.99. The predicted molar refractivity (Wildman–Crippen MR) is 146 cm³/mol. The zero-order valence-electron chi connectivity index (χ0n) is 23.2. The van der Waals surface area contributed by atoms with E-state index in [4.69, 9.17) is 21.2 Å². The van der Waals surface area contributed by atoms with E-state index in [1.165, 1.54) is 12.2 Å². The Kier molecular flexibility index (Phi) is 6.56. The van der Waals surface area contributed by atoms with Crippen molar-refractivity contribution in [3.05, 3.63) is 53.1 Å². The molecule has 41 heavy (non-hydrogen) atoms. The summed E-state index contributed by atoms with van der Waals surface area (Å²) >= 11 is 6.08. The molecule has 0 unspecified atom stereocenters. The third kappa shape index (κ3) is 3.70. The Morgan fingerprint density at radius 3 is 2.59 bits per heavy atom. The Morgan fingerprint density at radius 2 is 1.90 bits per heavy atom. The van der Waals surface area contributed by atoms with Crippen LogP contribution in [0, 0.1) is 28.6 Å². The van der Waals surface area contributed by atoms with Crippen molar-refractivity contribution in [2.75, 3.05) is 18.2 Å². The van der Waals surface area contributed by atoms with Crippen LogP contribution in [-0.4, -0.2) is 59.3 Å². The van der Waals surface area contributed by atoms with Crippen LogP contribution in [0.4, 0.5) is 14.5 Å². The number of halogens is 3. The lowest BCUT2D eigenvalue weighted by molar-refractivity contribution is -0.228. The third-order valence-electron chi connectivity index (χ3n) is 10.8. The summed E-state index contributed by atoms with van der Waals surface area (Å²) in [4.78, 5) is 44.8. The van der Waals surface area contributed by atoms with Gasteiger partial charge in [0.15, 0.2) is 23.7 Å². The Balaban J connectivity index is 1.43. The van der Waals surface area contributed by atoms with Crippen LogP contribution in [0.3, 0.4) is 0 Å². The molecule has 3 saturated carbocycles. The van der Waals surface area contributed by atoms with Crippen molar-refractivity contribution in [2.24, 2.45) is 28.6 Å². The molecule has 10 heteroatoms. The predicted octanol–water partition coefficient (Wildman–Crippen LogP) is 4.90. The molecule has 1 aromatic carbocycles. The van der Waals surface area contributed by atoms with Crippen molar-refractivity contribution in [1.82, 2.24) is 0 Å². The molecule has 220 valence electrons. The number of anilines is 1. The number of hydrogen-bond donors (Lipinski definition) is 1. The van der Waals surface area contributed by atoms with Gasteiger partial charge in [-0.1, -0.05) is 31.5 Å². The van der Waals surface area contributed by atoms with Crippen LogP contribution < -0.4 is 5.06 Å². The number of carbonyl (C=O) groups excluding carboxylic acids is 3. The summed E-state index contributed by atoms with van der Waals surface area (Å²) in [6.45, 7) is 4.75. The highest BCUT2D eigenvalue weighted by Crippen LogP contribution is 2.72. The second kappa shape index (κ2) is 9.44. The van der Waals surface area contributed by atoms with E-state index in [1.807, 2.05) is 6.92 Å². The number of ether oxygens (including phenoxy) is 1. The monoisotopic (exact) mass is 589 g/mol. The van der Waals surface area contributed by atoms with Gasteiger partial charge in [0.2, 0.25) is 5.78 Å². The van der Waals surface area contributed by atoms with E-state index in [0.29, 0.717) is 23.7 Å². The summed E-state index contributed by atoms with van der Waals surface area (Å²) in [5.41, 5.74) is -5.73. The molecule has 4 fully saturated rings. The quantitative estimate of drug-likeness (QED) is 0.489. The fraction of sp³-hybridized carbons (Fsp3) is 0.581. The number of carbonyl (C=O) groups is 3. The van der Waals surface area contributed by atoms with Crippen molar-refractivity contribution in [3.63, 3.8) is 0 Å². The number of rotatable bonds is 5. The first kappa shape index (κ1) is 28.5. The highest BCUT2D eigenvalue weighted by atomic mass is 35.5. The van der Waals surface area contributed by atoms with Gasteiger partial charge in [-0.05, 0) is 74.1 Å². The van der Waals surface area contributed by atoms with E-state index in [9.17, 15) is 19.5 Å². The van der Waals surface area contributed by atoms with E-state index in [2.05, 4.69) is 0 Å². The van der Waals surface area contributed by atoms with Gasteiger partial charge in [-0.3, -0.25) is 24.3 Å². The van der Waals surface area contributed by atoms with Gasteiger partial charge in [-0.25, -0.2) is 8.78 Å². The summed E-state index contributed by atoms with van der Waals surface area (Å²) in [6, 6.07) is 6.94. The lowest BCUT2D eigenvalue weighted by atomic mass is 9.44. The molecule has 1 aliphatic heterocycles. The van der Waals surface area contributed by atoms with Gasteiger partial charge in [0.05, 0.1) is 18.3 Å². The minimum atomic E-state index is -2.27. The average Bonchev–Trinajstić information content (AvgIpc) is 3.44. The van der Waals surface area contributed by atoms with Crippen LogP contribution in [0.15, 0.2) is 48.1 Å². The number of esters is 1. The SMILES string of the molecule is CCC(=O)OCC(=O)[C@@]12ON(c3ccc(Cl)cc3)C[C@@H]1C[C@H]1[C@@H]3C[C@H](F)C4=CC(=O)C=C[C@]4(C)[C@@]3(F)[C@@H](O)C[C@@]12C. The first-order valence-corrected chi connectivity index (χ1v) is 14.6. The molecule has 1 saturated heterocycles. The zero-order chi connectivity index (χ0) is 29.5. The normalized spacial score (nSPS) is 42.6. The molecular formula is C31H34ClF2NO6. The van der Waals surface area contributed by atoms with Crippen molar-refractivity contribution in [1.29, 1.82) is 0 Å². The molecule has 1 heterocycles. The fourth-order valence-electron chi connectivity index (χ4n) is 8.86. The van der Waals surface area contributed by atoms with Crippen molar-refractivity contribution in [2.45, 2.75) is 70.0 Å². The van der Waals surface area contributed by atoms with Crippen LogP contribution >= 0.6 is 11.6 Å². The maximum atomic E-state index is 17.6. The molecule has 1 aromatic rings. The molecule has 0 aromatic heterocycles. The smallest absolute Gasteiger partial charge is 0.305 e. The molecule has 4 aliphatic carbocycles. The van der Waals surface area contributed by atoms with Crippen molar-refractivity contribution >= 4 is 34.8 Å². The third-order valence-corrected chi connectivity index (χ3v) is 11.1. The Bertz CT molecular complexity index is 1370. The highest BCUT2D eigenvalue weighted by Gasteiger charge is 2.79. The molecule has 5 aliphatic rings. The maximum Gasteiger partial charge on any atom is 0.305 e. The molecule has 9 atom stereocenters. The van der Waals surface area contributed by atoms with E-state index in [1.54, 1.807) is 43.2 Å². The summed E-state index contributed by atoms with van der Waals surface area (Å²) < 4.78 is 38.7. The lowest BCUT2D eigenvalue weighted by Gasteiger charge is -2.63. The lowest BCUT2D eigenvalue weighted by Crippen LogP contribution is -2.70. The number of ketones is 2. The van der Waals surface area contributed by atoms with Gasteiger partial charge >= 0.3 is 5.97 Å². The summed E-state index contributed by atoms with van der Waals surface area (Å²) in [5.74, 6) is -3.33. The van der Waals surface area contributed by atoms with Gasteiger partial charge in [-0.2, -0.15) is 0 Å². The number of Topliss-reactive ketones (excluding diaryl/α,β-unsaturated/α-hetero) is 1. The number of benzene rings is 1. The summed E-state index contributed by atoms with van der Waals surface area (Å²) in [6.07, 6.45) is 0.717. The minimum Gasteiger partial charge on any atom is -0.458 e. The first-order valence-electron chi connectivity index (χ1n) is 14.2.